The second kappa shape index (κ2) is 17.6. The molecule has 0 amide bonds. The molecule has 0 unspecified atom stereocenters. The Labute approximate surface area is 264 Å². The normalized spacial score (nSPS) is 21.9. The molecule has 0 saturated carbocycles. The van der Waals surface area contributed by atoms with Gasteiger partial charge in [0.25, 0.3) is 0 Å². The minimum atomic E-state index is -0.437. The second-order valence-electron chi connectivity index (χ2n) is 10.4. The Morgan fingerprint density at radius 2 is 0.953 bits per heavy atom. The minimum Gasteiger partial charge on any atom is -0.374 e. The van der Waals surface area contributed by atoms with Crippen molar-refractivity contribution in [2.24, 2.45) is 0 Å². The summed E-state index contributed by atoms with van der Waals surface area (Å²) < 4.78 is 33.1. The van der Waals surface area contributed by atoms with Gasteiger partial charge in [-0.15, -0.1) is 23.4 Å². The van der Waals surface area contributed by atoms with Crippen LogP contribution in [0, 0.1) is 0 Å². The lowest BCUT2D eigenvalue weighted by Crippen LogP contribution is -2.60. The van der Waals surface area contributed by atoms with E-state index >= 15 is 0 Å². The largest absolute Gasteiger partial charge is 0.374 e. The van der Waals surface area contributed by atoms with Gasteiger partial charge in [-0.1, -0.05) is 121 Å². The highest BCUT2D eigenvalue weighted by Crippen LogP contribution is 2.35. The van der Waals surface area contributed by atoms with Crippen LogP contribution < -0.4 is 0 Å². The molecule has 1 fully saturated rings. The van der Waals surface area contributed by atoms with Crippen LogP contribution in [0.5, 0.6) is 0 Å². The quantitative estimate of drug-likeness (QED) is 0.120. The van der Waals surface area contributed by atoms with Gasteiger partial charge in [-0.05, 0) is 22.3 Å². The van der Waals surface area contributed by atoms with Gasteiger partial charge >= 0.3 is 0 Å². The average molecular weight is 619 g/mol. The van der Waals surface area contributed by atoms with Crippen molar-refractivity contribution in [1.82, 2.24) is 0 Å². The van der Waals surface area contributed by atoms with E-state index in [-0.39, 0.29) is 11.5 Å². The predicted octanol–water partition coefficient (Wildman–Crippen LogP) is 7.66. The summed E-state index contributed by atoms with van der Waals surface area (Å²) in [6.07, 6.45) is -1.63. The SMILES string of the molecule is ClCCS[C@H]1O[C@H](COCc2ccccc2)[C@H](OCc2ccccc2)[C@H](OCc2ccccc2)[C@H]1OCc1ccccc1. The van der Waals surface area contributed by atoms with Crippen LogP contribution >= 0.6 is 23.4 Å². The molecule has 43 heavy (non-hydrogen) atoms. The molecule has 1 aliphatic heterocycles. The van der Waals surface area contributed by atoms with Gasteiger partial charge in [-0.2, -0.15) is 0 Å². The highest BCUT2D eigenvalue weighted by molar-refractivity contribution is 7.99. The maximum atomic E-state index is 6.76. The maximum Gasteiger partial charge on any atom is 0.132 e. The van der Waals surface area contributed by atoms with E-state index in [1.54, 1.807) is 11.8 Å². The zero-order chi connectivity index (χ0) is 29.5. The fourth-order valence-corrected chi connectivity index (χ4v) is 6.27. The summed E-state index contributed by atoms with van der Waals surface area (Å²) in [6.45, 7) is 2.10. The summed E-state index contributed by atoms with van der Waals surface area (Å²) in [5, 5.41) is 0. The van der Waals surface area contributed by atoms with E-state index < -0.39 is 18.3 Å². The van der Waals surface area contributed by atoms with Crippen LogP contribution in [0.4, 0.5) is 0 Å². The summed E-state index contributed by atoms with van der Waals surface area (Å²) in [5.74, 6) is 1.23. The molecule has 0 spiro atoms. The second-order valence-corrected chi connectivity index (χ2v) is 12.0. The van der Waals surface area contributed by atoms with Crippen molar-refractivity contribution in [1.29, 1.82) is 0 Å². The first-order valence-corrected chi connectivity index (χ1v) is 16.3. The topological polar surface area (TPSA) is 46.2 Å². The average Bonchev–Trinajstić information content (AvgIpc) is 3.07. The Hall–Kier alpha value is -2.68. The number of halogens is 1. The zero-order valence-electron chi connectivity index (χ0n) is 24.2. The van der Waals surface area contributed by atoms with Gasteiger partial charge in [0.1, 0.15) is 29.9 Å². The Balaban J connectivity index is 1.41. The van der Waals surface area contributed by atoms with Gasteiger partial charge in [0.15, 0.2) is 0 Å². The predicted molar refractivity (Wildman–Crippen MR) is 173 cm³/mol. The van der Waals surface area contributed by atoms with E-state index in [4.69, 9.17) is 35.3 Å². The van der Waals surface area contributed by atoms with E-state index in [1.807, 2.05) is 72.8 Å². The Kier molecular flexibility index (Phi) is 13.0. The van der Waals surface area contributed by atoms with E-state index in [0.29, 0.717) is 38.9 Å². The molecule has 0 N–H and O–H groups in total. The van der Waals surface area contributed by atoms with Crippen LogP contribution in [0.25, 0.3) is 0 Å². The van der Waals surface area contributed by atoms with Crippen molar-refractivity contribution in [3.05, 3.63) is 144 Å². The molecule has 0 radical (unpaired) electrons. The summed E-state index contributed by atoms with van der Waals surface area (Å²) >= 11 is 7.80. The molecule has 226 valence electrons. The number of thioether (sulfide) groups is 1. The molecule has 1 saturated heterocycles. The fraction of sp³-hybridized carbons (Fsp3) is 0.333. The summed E-state index contributed by atoms with van der Waals surface area (Å²) in [4.78, 5) is 0. The van der Waals surface area contributed by atoms with Crippen molar-refractivity contribution in [2.45, 2.75) is 56.3 Å². The molecule has 1 heterocycles. The van der Waals surface area contributed by atoms with Gasteiger partial charge in [-0.3, -0.25) is 0 Å². The molecule has 0 aromatic heterocycles. The molecule has 4 aromatic carbocycles. The smallest absolute Gasteiger partial charge is 0.132 e. The van der Waals surface area contributed by atoms with E-state index in [2.05, 4.69) is 48.5 Å². The van der Waals surface area contributed by atoms with E-state index in [0.717, 1.165) is 28.0 Å². The molecule has 7 heteroatoms. The first kappa shape index (κ1) is 31.7. The number of rotatable bonds is 16. The van der Waals surface area contributed by atoms with Crippen LogP contribution in [0.3, 0.4) is 0 Å². The number of ether oxygens (including phenoxy) is 5. The van der Waals surface area contributed by atoms with Crippen LogP contribution in [0.1, 0.15) is 22.3 Å². The van der Waals surface area contributed by atoms with Crippen LogP contribution in [-0.4, -0.2) is 48.1 Å². The summed E-state index contributed by atoms with van der Waals surface area (Å²) in [6, 6.07) is 40.7. The molecule has 5 atom stereocenters. The van der Waals surface area contributed by atoms with Crippen molar-refractivity contribution < 1.29 is 23.7 Å². The minimum absolute atomic E-state index is 0.315. The number of hydrogen-bond acceptors (Lipinski definition) is 6. The van der Waals surface area contributed by atoms with Crippen LogP contribution in [0.15, 0.2) is 121 Å². The lowest BCUT2D eigenvalue weighted by molar-refractivity contribution is -0.254. The fourth-order valence-electron chi connectivity index (χ4n) is 5.04. The molecule has 0 aliphatic carbocycles. The zero-order valence-corrected chi connectivity index (χ0v) is 25.8. The third-order valence-corrected chi connectivity index (χ3v) is 8.76. The van der Waals surface area contributed by atoms with Crippen molar-refractivity contribution in [3.8, 4) is 0 Å². The maximum absolute atomic E-state index is 6.76. The molecule has 0 bridgehead atoms. The Morgan fingerprint density at radius 1 is 0.535 bits per heavy atom. The summed E-state index contributed by atoms with van der Waals surface area (Å²) in [7, 11) is 0. The van der Waals surface area contributed by atoms with Crippen LogP contribution in [-0.2, 0) is 50.1 Å². The molecule has 4 aromatic rings. The Bertz CT molecular complexity index is 1300. The number of benzene rings is 4. The highest BCUT2D eigenvalue weighted by Gasteiger charge is 2.48. The van der Waals surface area contributed by atoms with E-state index in [9.17, 15) is 0 Å². The lowest BCUT2D eigenvalue weighted by Gasteiger charge is -2.46. The lowest BCUT2D eigenvalue weighted by atomic mass is 9.98. The third-order valence-electron chi connectivity index (χ3n) is 7.20. The van der Waals surface area contributed by atoms with Crippen molar-refractivity contribution in [2.75, 3.05) is 18.2 Å². The van der Waals surface area contributed by atoms with Crippen molar-refractivity contribution >= 4 is 23.4 Å². The third kappa shape index (κ3) is 9.91. The van der Waals surface area contributed by atoms with Gasteiger partial charge in [-0.25, -0.2) is 0 Å². The molecular formula is C36H39ClO5S. The van der Waals surface area contributed by atoms with Crippen LogP contribution in [0.2, 0.25) is 0 Å². The molecular weight excluding hydrogens is 580 g/mol. The van der Waals surface area contributed by atoms with Crippen molar-refractivity contribution in [3.63, 3.8) is 0 Å². The molecule has 5 nitrogen and oxygen atoms in total. The van der Waals surface area contributed by atoms with E-state index in [1.165, 1.54) is 0 Å². The monoisotopic (exact) mass is 618 g/mol. The molecule has 5 rings (SSSR count). The first-order valence-electron chi connectivity index (χ1n) is 14.7. The number of alkyl halides is 1. The van der Waals surface area contributed by atoms with Gasteiger partial charge in [0.2, 0.25) is 0 Å². The highest BCUT2D eigenvalue weighted by atomic mass is 35.5. The molecule has 1 aliphatic rings. The standard InChI is InChI=1S/C36H39ClO5S/c37-21-22-43-36-35(41-26-31-19-11-4-12-20-31)34(40-25-30-17-9-3-10-18-30)33(39-24-29-15-7-2-8-16-29)32(42-36)27-38-23-28-13-5-1-6-14-28/h1-20,32-36H,21-27H2/t32-,33+,34+,35-,36-/m1/s1. The van der Waals surface area contributed by atoms with Gasteiger partial charge in [0.05, 0.1) is 33.0 Å². The van der Waals surface area contributed by atoms with Gasteiger partial charge in [0, 0.05) is 11.6 Å². The number of hydrogen-bond donors (Lipinski definition) is 0. The van der Waals surface area contributed by atoms with Gasteiger partial charge < -0.3 is 23.7 Å². The Morgan fingerprint density at radius 3 is 1.42 bits per heavy atom. The first-order chi connectivity index (χ1) is 21.3. The summed E-state index contributed by atoms with van der Waals surface area (Å²) in [5.41, 5.74) is 4.03.